The average molecular weight is 527 g/mol. The first kappa shape index (κ1) is 26.4. The molecule has 1 aromatic heterocycles. The molecule has 1 aliphatic heterocycles. The third kappa shape index (κ3) is 6.73. The van der Waals surface area contributed by atoms with Gasteiger partial charge in [0, 0.05) is 36.7 Å². The van der Waals surface area contributed by atoms with Gasteiger partial charge in [-0.3, -0.25) is 9.59 Å². The zero-order valence-corrected chi connectivity index (χ0v) is 22.0. The summed E-state index contributed by atoms with van der Waals surface area (Å²) >= 11 is 7.85. The number of rotatable bonds is 11. The predicted octanol–water partition coefficient (Wildman–Crippen LogP) is 4.96. The summed E-state index contributed by atoms with van der Waals surface area (Å²) < 4.78 is 10.8. The first-order valence-corrected chi connectivity index (χ1v) is 13.3. The summed E-state index contributed by atoms with van der Waals surface area (Å²) in [5.41, 5.74) is 3.15. The molecule has 4 rings (SSSR count). The van der Waals surface area contributed by atoms with Crippen LogP contribution in [0, 0.1) is 0 Å². The molecule has 3 aromatic rings. The van der Waals surface area contributed by atoms with E-state index >= 15 is 0 Å². The summed E-state index contributed by atoms with van der Waals surface area (Å²) in [5.74, 6) is -0.285. The fourth-order valence-corrected chi connectivity index (χ4v) is 5.49. The van der Waals surface area contributed by atoms with Crippen molar-refractivity contribution in [3.63, 3.8) is 0 Å². The smallest absolute Gasteiger partial charge is 0.249 e. The number of hydrogen-bond donors (Lipinski definition) is 0. The average Bonchev–Trinajstić information content (AvgIpc) is 3.38. The Morgan fingerprint density at radius 1 is 1.11 bits per heavy atom. The normalized spacial score (nSPS) is 14.9. The van der Waals surface area contributed by atoms with Gasteiger partial charge in [0.05, 0.1) is 19.2 Å². The molecule has 1 atom stereocenters. The van der Waals surface area contributed by atoms with Crippen LogP contribution in [0.5, 0.6) is 0 Å². The molecule has 0 fully saturated rings. The van der Waals surface area contributed by atoms with Gasteiger partial charge in [-0.15, -0.1) is 11.3 Å². The van der Waals surface area contributed by atoms with E-state index in [0.29, 0.717) is 37.7 Å². The van der Waals surface area contributed by atoms with Gasteiger partial charge in [0.1, 0.15) is 6.61 Å². The molecule has 0 bridgehead atoms. The Kier molecular flexibility index (Phi) is 9.53. The fraction of sp³-hybridized carbons (Fsp3) is 0.357. The number of carbonyl (C=O) groups excluding carboxylic acids is 2. The fourth-order valence-electron chi connectivity index (χ4n) is 4.46. The Hall–Kier alpha value is -2.71. The number of carbonyl (C=O) groups is 2. The minimum absolute atomic E-state index is 0.000798. The molecule has 0 radical (unpaired) electrons. The van der Waals surface area contributed by atoms with E-state index in [1.54, 1.807) is 23.3 Å². The number of nitrogens with zero attached hydrogens (tertiary/aromatic N) is 2. The lowest BCUT2D eigenvalue weighted by Crippen LogP contribution is -2.47. The van der Waals surface area contributed by atoms with Gasteiger partial charge in [-0.25, -0.2) is 0 Å². The number of amides is 2. The largest absolute Gasteiger partial charge is 0.385 e. The Morgan fingerprint density at radius 3 is 2.64 bits per heavy atom. The molecule has 0 spiro atoms. The molecular weight excluding hydrogens is 496 g/mol. The quantitative estimate of drug-likeness (QED) is 0.331. The monoisotopic (exact) mass is 526 g/mol. The van der Waals surface area contributed by atoms with E-state index in [9.17, 15) is 9.59 Å². The van der Waals surface area contributed by atoms with Gasteiger partial charge in [0.15, 0.2) is 0 Å². The molecule has 8 heteroatoms. The van der Waals surface area contributed by atoms with Crippen LogP contribution in [-0.4, -0.2) is 61.6 Å². The van der Waals surface area contributed by atoms with Crippen LogP contribution in [0.15, 0.2) is 66.0 Å². The highest BCUT2D eigenvalue weighted by Crippen LogP contribution is 2.38. The Bertz CT molecular complexity index is 1140. The van der Waals surface area contributed by atoms with Gasteiger partial charge in [-0.05, 0) is 53.1 Å². The molecule has 0 N–H and O–H groups in total. The maximum atomic E-state index is 13.7. The molecule has 0 aliphatic carbocycles. The standard InChI is InChI=1S/C28H31ClN2O4S/c1-34-16-5-14-30(27(33)20-35-19-21-6-3-2-4-7-21)18-26(32)31-15-12-25-24(13-17-36-25)28(31)22-8-10-23(29)11-9-22/h2-4,6-11,13,17,28H,5,12,14-16,18-20H2,1H3. The van der Waals surface area contributed by atoms with E-state index in [1.807, 2.05) is 59.5 Å². The second-order valence-electron chi connectivity index (χ2n) is 8.73. The van der Waals surface area contributed by atoms with E-state index < -0.39 is 0 Å². The molecule has 2 aromatic carbocycles. The Labute approximate surface area is 221 Å². The topological polar surface area (TPSA) is 59.1 Å². The van der Waals surface area contributed by atoms with Crippen LogP contribution in [-0.2, 0) is 32.1 Å². The number of fused-ring (bicyclic) bond motifs is 1. The lowest BCUT2D eigenvalue weighted by atomic mass is 9.93. The first-order chi connectivity index (χ1) is 17.6. The van der Waals surface area contributed by atoms with Crippen LogP contribution < -0.4 is 0 Å². The highest BCUT2D eigenvalue weighted by atomic mass is 35.5. The van der Waals surface area contributed by atoms with Crippen molar-refractivity contribution in [1.29, 1.82) is 0 Å². The van der Waals surface area contributed by atoms with Gasteiger partial charge in [0.2, 0.25) is 11.8 Å². The predicted molar refractivity (Wildman–Crippen MR) is 142 cm³/mol. The lowest BCUT2D eigenvalue weighted by molar-refractivity contribution is -0.144. The molecule has 2 amide bonds. The summed E-state index contributed by atoms with van der Waals surface area (Å²) in [7, 11) is 1.63. The van der Waals surface area contributed by atoms with Gasteiger partial charge in [-0.1, -0.05) is 54.1 Å². The summed E-state index contributed by atoms with van der Waals surface area (Å²) in [6.07, 6.45) is 1.45. The zero-order valence-electron chi connectivity index (χ0n) is 20.4. The minimum Gasteiger partial charge on any atom is -0.385 e. The van der Waals surface area contributed by atoms with Gasteiger partial charge in [0.25, 0.3) is 0 Å². The molecule has 1 unspecified atom stereocenters. The molecular formula is C28H31ClN2O4S. The summed E-state index contributed by atoms with van der Waals surface area (Å²) in [5, 5.41) is 2.73. The molecule has 0 saturated carbocycles. The first-order valence-electron chi connectivity index (χ1n) is 12.1. The molecule has 0 saturated heterocycles. The highest BCUT2D eigenvalue weighted by Gasteiger charge is 2.34. The number of hydrogen-bond acceptors (Lipinski definition) is 5. The van der Waals surface area contributed by atoms with Crippen molar-refractivity contribution in [2.24, 2.45) is 0 Å². The number of methoxy groups -OCH3 is 1. The van der Waals surface area contributed by atoms with Crippen LogP contribution >= 0.6 is 22.9 Å². The second-order valence-corrected chi connectivity index (χ2v) is 10.2. The molecule has 36 heavy (non-hydrogen) atoms. The van der Waals surface area contributed by atoms with Crippen LogP contribution in [0.25, 0.3) is 0 Å². The van der Waals surface area contributed by atoms with Crippen molar-refractivity contribution in [3.8, 4) is 0 Å². The van der Waals surface area contributed by atoms with Crippen molar-refractivity contribution in [3.05, 3.63) is 92.6 Å². The minimum atomic E-state index is -0.202. The Balaban J connectivity index is 1.46. The molecule has 190 valence electrons. The molecule has 2 heterocycles. The highest BCUT2D eigenvalue weighted by molar-refractivity contribution is 7.10. The third-order valence-electron chi connectivity index (χ3n) is 6.26. The Morgan fingerprint density at radius 2 is 1.89 bits per heavy atom. The molecule has 6 nitrogen and oxygen atoms in total. The summed E-state index contributed by atoms with van der Waals surface area (Å²) in [4.78, 5) is 31.5. The van der Waals surface area contributed by atoms with Crippen LogP contribution in [0.4, 0.5) is 0 Å². The number of ether oxygens (including phenoxy) is 2. The van der Waals surface area contributed by atoms with Gasteiger partial charge < -0.3 is 19.3 Å². The number of benzene rings is 2. The van der Waals surface area contributed by atoms with E-state index in [4.69, 9.17) is 21.1 Å². The maximum absolute atomic E-state index is 13.7. The maximum Gasteiger partial charge on any atom is 0.249 e. The van der Waals surface area contributed by atoms with Crippen molar-refractivity contribution in [1.82, 2.24) is 9.80 Å². The lowest BCUT2D eigenvalue weighted by Gasteiger charge is -2.37. The molecule has 1 aliphatic rings. The van der Waals surface area contributed by atoms with Crippen molar-refractivity contribution >= 4 is 34.8 Å². The van der Waals surface area contributed by atoms with E-state index in [0.717, 1.165) is 23.1 Å². The number of thiophene rings is 1. The summed E-state index contributed by atoms with van der Waals surface area (Å²) in [6.45, 7) is 1.81. The van der Waals surface area contributed by atoms with E-state index in [1.165, 1.54) is 4.88 Å². The van der Waals surface area contributed by atoms with Gasteiger partial charge in [-0.2, -0.15) is 0 Å². The second kappa shape index (κ2) is 13.0. The number of halogens is 1. The van der Waals surface area contributed by atoms with E-state index in [2.05, 4.69) is 11.4 Å². The van der Waals surface area contributed by atoms with Crippen LogP contribution in [0.2, 0.25) is 5.02 Å². The SMILES string of the molecule is COCCCN(CC(=O)N1CCc2sccc2C1c1ccc(Cl)cc1)C(=O)COCc1ccccc1. The van der Waals surface area contributed by atoms with Crippen molar-refractivity contribution in [2.45, 2.75) is 25.5 Å². The third-order valence-corrected chi connectivity index (χ3v) is 7.51. The van der Waals surface area contributed by atoms with Crippen molar-refractivity contribution in [2.75, 3.05) is 40.0 Å². The van der Waals surface area contributed by atoms with Crippen molar-refractivity contribution < 1.29 is 19.1 Å². The van der Waals surface area contributed by atoms with Gasteiger partial charge >= 0.3 is 0 Å². The van der Waals surface area contributed by atoms with E-state index in [-0.39, 0.29) is 31.0 Å². The van der Waals surface area contributed by atoms with Crippen LogP contribution in [0.3, 0.4) is 0 Å². The summed E-state index contributed by atoms with van der Waals surface area (Å²) in [6, 6.07) is 19.3. The van der Waals surface area contributed by atoms with Crippen LogP contribution in [0.1, 0.15) is 34.0 Å². The zero-order chi connectivity index (χ0) is 25.3.